The SMILES string of the molecule is O=C(Nc1nnc(C2CCCCC2)o1)c1cc(C(F)(F)F)cc(C(F)(F)F)c1. The maximum Gasteiger partial charge on any atom is 0.416 e. The van der Waals surface area contributed by atoms with Crippen molar-refractivity contribution in [2.24, 2.45) is 0 Å². The number of hydrogen-bond donors (Lipinski definition) is 1. The Morgan fingerprint density at radius 1 is 0.929 bits per heavy atom. The van der Waals surface area contributed by atoms with Crippen LogP contribution in [-0.2, 0) is 12.4 Å². The van der Waals surface area contributed by atoms with Crippen LogP contribution in [0.15, 0.2) is 22.6 Å². The Morgan fingerprint density at radius 3 is 2.04 bits per heavy atom. The minimum absolute atomic E-state index is 0.0253. The molecule has 1 fully saturated rings. The van der Waals surface area contributed by atoms with Gasteiger partial charge in [0.2, 0.25) is 5.89 Å². The van der Waals surface area contributed by atoms with E-state index in [0.29, 0.717) is 12.1 Å². The fraction of sp³-hybridized carbons (Fsp3) is 0.471. The standard InChI is InChI=1S/C17H15F6N3O2/c18-16(19,20)11-6-10(7-12(8-11)17(21,22)23)13(27)24-15-26-25-14(28-15)9-4-2-1-3-5-9/h6-9H,1-5H2,(H,24,26,27). The van der Waals surface area contributed by atoms with Gasteiger partial charge >= 0.3 is 18.4 Å². The second-order valence-corrected chi connectivity index (χ2v) is 6.53. The number of amides is 1. The summed E-state index contributed by atoms with van der Waals surface area (Å²) in [6.07, 6.45) is -5.37. The Balaban J connectivity index is 1.83. The first-order valence-electron chi connectivity index (χ1n) is 8.48. The van der Waals surface area contributed by atoms with Crippen molar-refractivity contribution >= 4 is 11.9 Å². The predicted molar refractivity (Wildman–Crippen MR) is 84.5 cm³/mol. The number of halogens is 6. The van der Waals surface area contributed by atoms with Crippen LogP contribution in [0.4, 0.5) is 32.4 Å². The summed E-state index contributed by atoms with van der Waals surface area (Å²) in [5.74, 6) is -0.900. The molecular weight excluding hydrogens is 392 g/mol. The molecule has 5 nitrogen and oxygen atoms in total. The number of carbonyl (C=O) groups excluding carboxylic acids is 1. The topological polar surface area (TPSA) is 68.0 Å². The summed E-state index contributed by atoms with van der Waals surface area (Å²) in [5.41, 5.74) is -3.98. The van der Waals surface area contributed by atoms with Crippen LogP contribution in [-0.4, -0.2) is 16.1 Å². The molecule has 1 aliphatic carbocycles. The maximum atomic E-state index is 12.9. The summed E-state index contributed by atoms with van der Waals surface area (Å²) in [6, 6.07) is 0.243. The number of nitrogens with zero attached hydrogens (tertiary/aromatic N) is 2. The number of anilines is 1. The van der Waals surface area contributed by atoms with E-state index in [1.165, 1.54) is 0 Å². The van der Waals surface area contributed by atoms with Crippen LogP contribution >= 0.6 is 0 Å². The highest BCUT2D eigenvalue weighted by Crippen LogP contribution is 2.36. The molecule has 1 aliphatic rings. The van der Waals surface area contributed by atoms with Crippen molar-refractivity contribution in [2.75, 3.05) is 5.32 Å². The van der Waals surface area contributed by atoms with Gasteiger partial charge < -0.3 is 4.42 Å². The van der Waals surface area contributed by atoms with E-state index in [2.05, 4.69) is 15.5 Å². The van der Waals surface area contributed by atoms with Crippen molar-refractivity contribution < 1.29 is 35.6 Å². The molecule has 1 amide bonds. The van der Waals surface area contributed by atoms with Crippen LogP contribution in [0.5, 0.6) is 0 Å². The Bertz CT molecular complexity index is 821. The third-order valence-electron chi connectivity index (χ3n) is 4.47. The molecule has 152 valence electrons. The van der Waals surface area contributed by atoms with Gasteiger partial charge in [-0.3, -0.25) is 10.1 Å². The lowest BCUT2D eigenvalue weighted by Gasteiger charge is -2.17. The molecule has 3 rings (SSSR count). The highest BCUT2D eigenvalue weighted by molar-refractivity contribution is 6.03. The summed E-state index contributed by atoms with van der Waals surface area (Å²) in [6.45, 7) is 0. The summed E-state index contributed by atoms with van der Waals surface area (Å²) in [4.78, 5) is 12.2. The zero-order valence-corrected chi connectivity index (χ0v) is 14.3. The van der Waals surface area contributed by atoms with Crippen molar-refractivity contribution in [3.63, 3.8) is 0 Å². The summed E-state index contributed by atoms with van der Waals surface area (Å²) in [7, 11) is 0. The lowest BCUT2D eigenvalue weighted by molar-refractivity contribution is -0.143. The molecule has 0 atom stereocenters. The van der Waals surface area contributed by atoms with E-state index in [4.69, 9.17) is 4.42 Å². The molecule has 1 N–H and O–H groups in total. The maximum absolute atomic E-state index is 12.9. The van der Waals surface area contributed by atoms with Crippen LogP contribution in [0.25, 0.3) is 0 Å². The number of hydrogen-bond acceptors (Lipinski definition) is 4. The molecule has 0 saturated heterocycles. The predicted octanol–water partition coefficient (Wildman–Crippen LogP) is 5.41. The van der Waals surface area contributed by atoms with Gasteiger partial charge in [-0.25, -0.2) is 0 Å². The molecule has 0 unspecified atom stereocenters. The van der Waals surface area contributed by atoms with Crippen molar-refractivity contribution in [3.8, 4) is 0 Å². The second kappa shape index (κ2) is 7.44. The normalized spacial score (nSPS) is 16.2. The third kappa shape index (κ3) is 4.63. The molecule has 1 saturated carbocycles. The van der Waals surface area contributed by atoms with Crippen molar-refractivity contribution in [1.29, 1.82) is 0 Å². The number of aromatic nitrogens is 2. The van der Waals surface area contributed by atoms with Crippen molar-refractivity contribution in [3.05, 3.63) is 40.8 Å². The minimum atomic E-state index is -5.05. The molecule has 28 heavy (non-hydrogen) atoms. The van der Waals surface area contributed by atoms with E-state index < -0.39 is 35.0 Å². The van der Waals surface area contributed by atoms with Gasteiger partial charge in [-0.05, 0) is 31.0 Å². The van der Waals surface area contributed by atoms with Crippen LogP contribution in [0.2, 0.25) is 0 Å². The Hall–Kier alpha value is -2.59. The first kappa shape index (κ1) is 20.2. The number of carbonyl (C=O) groups is 1. The molecule has 1 aromatic carbocycles. The molecule has 0 spiro atoms. The second-order valence-electron chi connectivity index (χ2n) is 6.53. The quantitative estimate of drug-likeness (QED) is 0.691. The van der Waals surface area contributed by atoms with Gasteiger partial charge in [0.05, 0.1) is 11.1 Å². The van der Waals surface area contributed by atoms with Gasteiger partial charge in [0, 0.05) is 11.5 Å². The Morgan fingerprint density at radius 2 is 1.50 bits per heavy atom. The lowest BCUT2D eigenvalue weighted by atomic mass is 9.89. The number of benzene rings is 1. The van der Waals surface area contributed by atoms with Crippen LogP contribution in [0, 0.1) is 0 Å². The largest absolute Gasteiger partial charge is 0.416 e. The molecule has 1 heterocycles. The average molecular weight is 407 g/mol. The van der Waals surface area contributed by atoms with Gasteiger partial charge in [0.1, 0.15) is 0 Å². The molecular formula is C17H15F6N3O2. The van der Waals surface area contributed by atoms with Gasteiger partial charge in [0.15, 0.2) is 0 Å². The van der Waals surface area contributed by atoms with Crippen LogP contribution < -0.4 is 5.32 Å². The number of nitrogens with one attached hydrogen (secondary N) is 1. The van der Waals surface area contributed by atoms with Gasteiger partial charge in [-0.1, -0.05) is 24.4 Å². The molecule has 0 bridgehead atoms. The highest BCUT2D eigenvalue weighted by Gasteiger charge is 2.37. The van der Waals surface area contributed by atoms with Crippen LogP contribution in [0.1, 0.15) is 65.4 Å². The van der Waals surface area contributed by atoms with Crippen molar-refractivity contribution in [2.45, 2.75) is 50.4 Å². The first-order valence-corrected chi connectivity index (χ1v) is 8.48. The fourth-order valence-corrected chi connectivity index (χ4v) is 3.05. The van der Waals surface area contributed by atoms with Gasteiger partial charge in [-0.15, -0.1) is 5.10 Å². The molecule has 0 radical (unpaired) electrons. The van der Waals surface area contributed by atoms with Gasteiger partial charge in [0.25, 0.3) is 5.91 Å². The molecule has 2 aromatic rings. The number of alkyl halides is 6. The van der Waals surface area contributed by atoms with E-state index in [1.54, 1.807) is 0 Å². The Labute approximate surface area is 155 Å². The summed E-state index contributed by atoms with van der Waals surface area (Å²) >= 11 is 0. The fourth-order valence-electron chi connectivity index (χ4n) is 3.05. The molecule has 1 aromatic heterocycles. The molecule has 0 aliphatic heterocycles. The van der Waals surface area contributed by atoms with E-state index in [0.717, 1.165) is 32.1 Å². The summed E-state index contributed by atoms with van der Waals surface area (Å²) < 4.78 is 82.7. The zero-order chi connectivity index (χ0) is 20.5. The average Bonchev–Trinajstić information content (AvgIpc) is 3.09. The van der Waals surface area contributed by atoms with Crippen molar-refractivity contribution in [1.82, 2.24) is 10.2 Å². The van der Waals surface area contributed by atoms with E-state index in [1.807, 2.05) is 0 Å². The zero-order valence-electron chi connectivity index (χ0n) is 14.3. The van der Waals surface area contributed by atoms with E-state index in [-0.39, 0.29) is 23.9 Å². The van der Waals surface area contributed by atoms with Gasteiger partial charge in [-0.2, -0.15) is 26.3 Å². The smallest absolute Gasteiger partial charge is 0.408 e. The molecule has 11 heteroatoms. The monoisotopic (exact) mass is 407 g/mol. The summed E-state index contributed by atoms with van der Waals surface area (Å²) in [5, 5.41) is 9.48. The third-order valence-corrected chi connectivity index (χ3v) is 4.47. The lowest BCUT2D eigenvalue weighted by Crippen LogP contribution is -2.17. The first-order chi connectivity index (χ1) is 13.0. The van der Waals surface area contributed by atoms with E-state index in [9.17, 15) is 31.1 Å². The highest BCUT2D eigenvalue weighted by atomic mass is 19.4. The Kier molecular flexibility index (Phi) is 5.35. The minimum Gasteiger partial charge on any atom is -0.408 e. The number of rotatable bonds is 3. The van der Waals surface area contributed by atoms with E-state index >= 15 is 0 Å². The van der Waals surface area contributed by atoms with Crippen LogP contribution in [0.3, 0.4) is 0 Å².